The van der Waals surface area contributed by atoms with Crippen LogP contribution in [0.5, 0.6) is 0 Å². The van der Waals surface area contributed by atoms with E-state index in [0.717, 1.165) is 29.3 Å². The van der Waals surface area contributed by atoms with Gasteiger partial charge in [-0.1, -0.05) is 36.6 Å². The third-order valence-electron chi connectivity index (χ3n) is 6.54. The first-order valence-electron chi connectivity index (χ1n) is 9.11. The smallest absolute Gasteiger partial charge is 0.0584 e. The van der Waals surface area contributed by atoms with Gasteiger partial charge >= 0.3 is 0 Å². The van der Waals surface area contributed by atoms with Gasteiger partial charge in [-0.2, -0.15) is 0 Å². The minimum atomic E-state index is 0.437. The second-order valence-corrected chi connectivity index (χ2v) is 9.81. The summed E-state index contributed by atoms with van der Waals surface area (Å²) < 4.78 is 1.24. The topological polar surface area (TPSA) is 12.0 Å². The van der Waals surface area contributed by atoms with Crippen molar-refractivity contribution >= 4 is 33.0 Å². The number of thiophene rings is 1. The van der Waals surface area contributed by atoms with E-state index in [2.05, 4.69) is 23.5 Å². The van der Waals surface area contributed by atoms with Gasteiger partial charge in [0.25, 0.3) is 0 Å². The maximum absolute atomic E-state index is 6.34. The van der Waals surface area contributed by atoms with Crippen LogP contribution < -0.4 is 5.32 Å². The minimum absolute atomic E-state index is 0.437. The highest BCUT2D eigenvalue weighted by molar-refractivity contribution is 7.19. The fourth-order valence-corrected chi connectivity index (χ4v) is 7.15. The predicted molar refractivity (Wildman–Crippen MR) is 99.2 cm³/mol. The van der Waals surface area contributed by atoms with Gasteiger partial charge in [0.1, 0.15) is 0 Å². The zero-order valence-corrected chi connectivity index (χ0v) is 15.1. The summed E-state index contributed by atoms with van der Waals surface area (Å²) in [5.74, 6) is 2.98. The molecular formula is C20H24ClNS. The molecule has 0 saturated heterocycles. The van der Waals surface area contributed by atoms with Crippen LogP contribution in [0.4, 0.5) is 0 Å². The summed E-state index contributed by atoms with van der Waals surface area (Å²) in [6, 6.07) is 8.56. The van der Waals surface area contributed by atoms with E-state index in [9.17, 15) is 0 Å². The van der Waals surface area contributed by atoms with Crippen molar-refractivity contribution in [1.29, 1.82) is 0 Å². The fourth-order valence-electron chi connectivity index (χ4n) is 5.85. The van der Waals surface area contributed by atoms with Crippen LogP contribution in [-0.2, 0) is 6.54 Å². The van der Waals surface area contributed by atoms with E-state index in [4.69, 9.17) is 11.6 Å². The number of nitrogens with one attached hydrogen (secondary N) is 1. The monoisotopic (exact) mass is 345 g/mol. The van der Waals surface area contributed by atoms with Crippen LogP contribution in [0, 0.1) is 17.8 Å². The van der Waals surface area contributed by atoms with Crippen molar-refractivity contribution in [2.24, 2.45) is 17.8 Å². The second-order valence-electron chi connectivity index (χ2n) is 8.26. The Hall–Kier alpha value is -0.570. The number of halogens is 1. The molecule has 1 aromatic heterocycles. The maximum Gasteiger partial charge on any atom is 0.0584 e. The van der Waals surface area contributed by atoms with Crippen LogP contribution in [0.3, 0.4) is 0 Å². The number of hydrogen-bond donors (Lipinski definition) is 1. The lowest BCUT2D eigenvalue weighted by Crippen LogP contribution is -2.53. The van der Waals surface area contributed by atoms with Crippen LogP contribution >= 0.6 is 22.9 Å². The van der Waals surface area contributed by atoms with E-state index in [1.54, 1.807) is 0 Å². The first kappa shape index (κ1) is 14.7. The van der Waals surface area contributed by atoms with Gasteiger partial charge in [-0.3, -0.25) is 0 Å². The molecule has 1 nitrogen and oxygen atoms in total. The van der Waals surface area contributed by atoms with Gasteiger partial charge in [-0.25, -0.2) is 0 Å². The zero-order chi connectivity index (χ0) is 15.4. The fraction of sp³-hybridized carbons (Fsp3) is 0.600. The molecule has 6 rings (SSSR count). The highest BCUT2D eigenvalue weighted by atomic mass is 35.5. The van der Waals surface area contributed by atoms with E-state index >= 15 is 0 Å². The molecule has 0 radical (unpaired) electrons. The summed E-state index contributed by atoms with van der Waals surface area (Å²) in [7, 11) is 0. The molecule has 4 saturated carbocycles. The Morgan fingerprint density at radius 3 is 2.57 bits per heavy atom. The average Bonchev–Trinajstić information content (AvgIpc) is 2.84. The molecule has 1 heterocycles. The molecule has 2 aromatic rings. The zero-order valence-electron chi connectivity index (χ0n) is 13.5. The summed E-state index contributed by atoms with van der Waals surface area (Å²) in [5, 5.41) is 6.22. The molecule has 0 amide bonds. The first-order valence-corrected chi connectivity index (χ1v) is 10.3. The molecule has 4 fully saturated rings. The highest BCUT2D eigenvalue weighted by Crippen LogP contribution is 2.53. The molecule has 4 bridgehead atoms. The maximum atomic E-state index is 6.34. The Morgan fingerprint density at radius 1 is 1.09 bits per heavy atom. The Labute approximate surface area is 147 Å². The van der Waals surface area contributed by atoms with E-state index in [-0.39, 0.29) is 0 Å². The number of rotatable bonds is 3. The normalized spacial score (nSPS) is 35.8. The first-order chi connectivity index (χ1) is 11.2. The third-order valence-corrected chi connectivity index (χ3v) is 8.15. The number of hydrogen-bond acceptors (Lipinski definition) is 2. The van der Waals surface area contributed by atoms with Crippen molar-refractivity contribution in [1.82, 2.24) is 5.32 Å². The summed E-state index contributed by atoms with van der Waals surface area (Å²) >= 11 is 8.20. The molecular weight excluding hydrogens is 322 g/mol. The van der Waals surface area contributed by atoms with Crippen molar-refractivity contribution in [2.75, 3.05) is 0 Å². The SMILES string of the molecule is Clc1cccc2cc(CNC34CC5CCC(CC(C5)C3)C4)sc12. The summed E-state index contributed by atoms with van der Waals surface area (Å²) in [4.78, 5) is 1.43. The average molecular weight is 346 g/mol. The molecule has 3 heteroatoms. The van der Waals surface area contributed by atoms with Gasteiger partial charge in [0, 0.05) is 17.0 Å². The lowest BCUT2D eigenvalue weighted by atomic mass is 9.63. The minimum Gasteiger partial charge on any atom is -0.306 e. The van der Waals surface area contributed by atoms with E-state index < -0.39 is 0 Å². The van der Waals surface area contributed by atoms with Crippen molar-refractivity contribution in [3.63, 3.8) is 0 Å². The molecule has 122 valence electrons. The molecule has 1 N–H and O–H groups in total. The summed E-state index contributed by atoms with van der Waals surface area (Å²) in [6.07, 6.45) is 10.3. The van der Waals surface area contributed by atoms with Crippen LogP contribution in [0.25, 0.3) is 10.1 Å². The van der Waals surface area contributed by atoms with E-state index in [1.807, 2.05) is 17.4 Å². The Balaban J connectivity index is 1.38. The lowest BCUT2D eigenvalue weighted by molar-refractivity contribution is 0.0721. The molecule has 1 aromatic carbocycles. The molecule has 0 spiro atoms. The summed E-state index contributed by atoms with van der Waals surface area (Å²) in [6.45, 7) is 1.02. The van der Waals surface area contributed by atoms with Crippen molar-refractivity contribution in [2.45, 2.75) is 57.0 Å². The lowest BCUT2D eigenvalue weighted by Gasteiger charge is -2.49. The van der Waals surface area contributed by atoms with Crippen molar-refractivity contribution < 1.29 is 0 Å². The standard InChI is InChI=1S/C20H24ClNS/c21-18-3-1-2-16-8-17(23-19(16)18)12-22-20-9-13-4-5-14(10-20)7-15(6-13)11-20/h1-3,8,13-15,22H,4-7,9-12H2. The van der Waals surface area contributed by atoms with Gasteiger partial charge in [0.2, 0.25) is 0 Å². The van der Waals surface area contributed by atoms with Crippen LogP contribution in [0.15, 0.2) is 24.3 Å². The van der Waals surface area contributed by atoms with Gasteiger partial charge in [-0.15, -0.1) is 11.3 Å². The van der Waals surface area contributed by atoms with Crippen LogP contribution in [0.2, 0.25) is 5.02 Å². The van der Waals surface area contributed by atoms with Gasteiger partial charge in [0.05, 0.1) is 9.72 Å². The Bertz CT molecular complexity index is 720. The molecule has 2 unspecified atom stereocenters. The van der Waals surface area contributed by atoms with Crippen molar-refractivity contribution in [3.8, 4) is 0 Å². The van der Waals surface area contributed by atoms with Gasteiger partial charge in [0.15, 0.2) is 0 Å². The van der Waals surface area contributed by atoms with E-state index in [1.165, 1.54) is 59.9 Å². The summed E-state index contributed by atoms with van der Waals surface area (Å²) in [5.41, 5.74) is 0.437. The van der Waals surface area contributed by atoms with Crippen molar-refractivity contribution in [3.05, 3.63) is 34.2 Å². The molecule has 4 aliphatic carbocycles. The highest BCUT2D eigenvalue weighted by Gasteiger charge is 2.48. The molecule has 0 aliphatic heterocycles. The third kappa shape index (κ3) is 2.63. The molecule has 2 atom stereocenters. The Kier molecular flexibility index (Phi) is 3.51. The quantitative estimate of drug-likeness (QED) is 0.719. The number of benzene rings is 1. The van der Waals surface area contributed by atoms with Crippen LogP contribution in [0.1, 0.15) is 49.8 Å². The predicted octanol–water partition coefficient (Wildman–Crippen LogP) is 6.00. The van der Waals surface area contributed by atoms with Crippen LogP contribution in [-0.4, -0.2) is 5.54 Å². The van der Waals surface area contributed by atoms with Gasteiger partial charge < -0.3 is 5.32 Å². The second kappa shape index (κ2) is 5.47. The van der Waals surface area contributed by atoms with E-state index in [0.29, 0.717) is 5.54 Å². The Morgan fingerprint density at radius 2 is 1.83 bits per heavy atom. The largest absolute Gasteiger partial charge is 0.306 e. The molecule has 4 aliphatic rings. The number of fused-ring (bicyclic) bond motifs is 2. The molecule has 23 heavy (non-hydrogen) atoms. The van der Waals surface area contributed by atoms with Gasteiger partial charge in [-0.05, 0) is 67.4 Å².